The van der Waals surface area contributed by atoms with Crippen molar-refractivity contribution in [3.05, 3.63) is 29.9 Å². The number of rotatable bonds is 3. The molecule has 1 aliphatic heterocycles. The van der Waals surface area contributed by atoms with Gasteiger partial charge in [0.2, 0.25) is 0 Å². The van der Waals surface area contributed by atoms with Crippen LogP contribution in [0.25, 0.3) is 0 Å². The van der Waals surface area contributed by atoms with E-state index in [4.69, 9.17) is 0 Å². The number of aliphatic hydroxyl groups is 1. The van der Waals surface area contributed by atoms with Gasteiger partial charge in [0.25, 0.3) is 0 Å². The predicted octanol–water partition coefficient (Wildman–Crippen LogP) is 1.86. The molecular formula is C13H19N3O. The van der Waals surface area contributed by atoms with E-state index in [0.717, 1.165) is 36.7 Å². The van der Waals surface area contributed by atoms with Gasteiger partial charge in [0.1, 0.15) is 5.82 Å². The van der Waals surface area contributed by atoms with Gasteiger partial charge >= 0.3 is 0 Å². The van der Waals surface area contributed by atoms with E-state index in [-0.39, 0.29) is 12.5 Å². The maximum atomic E-state index is 9.42. The zero-order valence-corrected chi connectivity index (χ0v) is 10.4. The molecule has 0 aromatic carbocycles. The lowest BCUT2D eigenvalue weighted by Crippen LogP contribution is -2.28. The van der Waals surface area contributed by atoms with Crippen molar-refractivity contribution in [1.29, 1.82) is 0 Å². The molecule has 4 nitrogen and oxygen atoms in total. The first-order chi connectivity index (χ1) is 8.22. The van der Waals surface area contributed by atoms with E-state index >= 15 is 0 Å². The molecule has 92 valence electrons. The summed E-state index contributed by atoms with van der Waals surface area (Å²) in [7, 11) is 0. The van der Waals surface area contributed by atoms with Crippen LogP contribution < -0.4 is 4.90 Å². The molecule has 0 atom stereocenters. The molecule has 2 rings (SSSR count). The predicted molar refractivity (Wildman–Crippen MR) is 68.0 cm³/mol. The molecule has 0 fully saturated rings. The lowest BCUT2D eigenvalue weighted by Gasteiger charge is -2.27. The first-order valence-corrected chi connectivity index (χ1v) is 6.09. The van der Waals surface area contributed by atoms with Crippen molar-refractivity contribution in [1.82, 2.24) is 9.97 Å². The summed E-state index contributed by atoms with van der Waals surface area (Å²) in [4.78, 5) is 11.0. The second-order valence-corrected chi connectivity index (χ2v) is 4.58. The molecule has 0 aliphatic carbocycles. The van der Waals surface area contributed by atoms with Gasteiger partial charge in [-0.1, -0.05) is 26.0 Å². The third kappa shape index (κ3) is 2.64. The highest BCUT2D eigenvalue weighted by atomic mass is 16.3. The fourth-order valence-corrected chi connectivity index (χ4v) is 1.94. The summed E-state index contributed by atoms with van der Waals surface area (Å²) < 4.78 is 0. The van der Waals surface area contributed by atoms with Gasteiger partial charge in [-0.05, 0) is 6.42 Å². The summed E-state index contributed by atoms with van der Waals surface area (Å²) in [6.07, 6.45) is 7.20. The Kier molecular flexibility index (Phi) is 3.74. The van der Waals surface area contributed by atoms with Crippen molar-refractivity contribution in [3.8, 4) is 0 Å². The van der Waals surface area contributed by atoms with E-state index in [9.17, 15) is 5.11 Å². The molecule has 0 amide bonds. The zero-order valence-electron chi connectivity index (χ0n) is 10.4. The van der Waals surface area contributed by atoms with E-state index in [1.165, 1.54) is 0 Å². The van der Waals surface area contributed by atoms with Crippen LogP contribution in [0.3, 0.4) is 0 Å². The van der Waals surface area contributed by atoms with Crippen LogP contribution in [-0.4, -0.2) is 28.2 Å². The molecule has 17 heavy (non-hydrogen) atoms. The van der Waals surface area contributed by atoms with Crippen LogP contribution in [0.15, 0.2) is 18.3 Å². The Morgan fingerprint density at radius 2 is 2.24 bits per heavy atom. The van der Waals surface area contributed by atoms with Crippen LogP contribution in [0.5, 0.6) is 0 Å². The van der Waals surface area contributed by atoms with Crippen molar-refractivity contribution >= 4 is 5.69 Å². The molecule has 2 heterocycles. The van der Waals surface area contributed by atoms with Gasteiger partial charge in [-0.25, -0.2) is 9.97 Å². The summed E-state index contributed by atoms with van der Waals surface area (Å²) in [5.74, 6) is 1.08. The first kappa shape index (κ1) is 12.0. The molecule has 0 spiro atoms. The monoisotopic (exact) mass is 233 g/mol. The third-order valence-corrected chi connectivity index (χ3v) is 2.93. The SMILES string of the molecule is CC(C)c1ncc(N2CC=CCC2)c(CO)n1. The Balaban J connectivity index is 2.30. The average molecular weight is 233 g/mol. The topological polar surface area (TPSA) is 49.2 Å². The Labute approximate surface area is 102 Å². The summed E-state index contributed by atoms with van der Waals surface area (Å²) >= 11 is 0. The van der Waals surface area contributed by atoms with Crippen LogP contribution >= 0.6 is 0 Å². The number of hydrogen-bond acceptors (Lipinski definition) is 4. The van der Waals surface area contributed by atoms with Gasteiger partial charge in [-0.3, -0.25) is 0 Å². The van der Waals surface area contributed by atoms with Crippen LogP contribution in [0.2, 0.25) is 0 Å². The molecule has 0 unspecified atom stereocenters. The summed E-state index contributed by atoms with van der Waals surface area (Å²) in [5.41, 5.74) is 1.69. The van der Waals surface area contributed by atoms with Crippen LogP contribution in [0.1, 0.15) is 37.7 Å². The minimum absolute atomic E-state index is 0.0300. The lowest BCUT2D eigenvalue weighted by molar-refractivity contribution is 0.276. The van der Waals surface area contributed by atoms with Gasteiger partial charge < -0.3 is 10.0 Å². The molecule has 1 aromatic heterocycles. The van der Waals surface area contributed by atoms with Crippen molar-refractivity contribution in [3.63, 3.8) is 0 Å². The van der Waals surface area contributed by atoms with E-state index < -0.39 is 0 Å². The van der Waals surface area contributed by atoms with Crippen LogP contribution in [-0.2, 0) is 6.61 Å². The Hall–Kier alpha value is -1.42. The molecule has 1 aliphatic rings. The Morgan fingerprint density at radius 1 is 1.41 bits per heavy atom. The maximum absolute atomic E-state index is 9.42. The maximum Gasteiger partial charge on any atom is 0.131 e. The van der Waals surface area contributed by atoms with Crippen molar-refractivity contribution in [2.45, 2.75) is 32.8 Å². The van der Waals surface area contributed by atoms with E-state index in [2.05, 4.69) is 40.9 Å². The molecule has 0 bridgehead atoms. The summed E-state index contributed by atoms with van der Waals surface area (Å²) in [6, 6.07) is 0. The van der Waals surface area contributed by atoms with Crippen molar-refractivity contribution in [2.24, 2.45) is 0 Å². The van der Waals surface area contributed by atoms with Gasteiger partial charge in [0, 0.05) is 19.0 Å². The second kappa shape index (κ2) is 5.27. The van der Waals surface area contributed by atoms with Gasteiger partial charge in [-0.15, -0.1) is 0 Å². The molecule has 0 radical (unpaired) electrons. The molecular weight excluding hydrogens is 214 g/mol. The number of aromatic nitrogens is 2. The van der Waals surface area contributed by atoms with Gasteiger partial charge in [0.15, 0.2) is 0 Å². The van der Waals surface area contributed by atoms with Gasteiger partial charge in [0.05, 0.1) is 24.2 Å². The number of hydrogen-bond donors (Lipinski definition) is 1. The fraction of sp³-hybridized carbons (Fsp3) is 0.538. The highest BCUT2D eigenvalue weighted by Gasteiger charge is 2.15. The van der Waals surface area contributed by atoms with Crippen molar-refractivity contribution < 1.29 is 5.11 Å². The highest BCUT2D eigenvalue weighted by molar-refractivity contribution is 5.50. The average Bonchev–Trinajstić information content (AvgIpc) is 2.39. The van der Waals surface area contributed by atoms with Gasteiger partial charge in [-0.2, -0.15) is 0 Å². The smallest absolute Gasteiger partial charge is 0.131 e. The van der Waals surface area contributed by atoms with E-state index in [1.807, 2.05) is 6.20 Å². The number of nitrogens with zero attached hydrogens (tertiary/aromatic N) is 3. The zero-order chi connectivity index (χ0) is 12.3. The fourth-order valence-electron chi connectivity index (χ4n) is 1.94. The molecule has 4 heteroatoms. The number of anilines is 1. The Morgan fingerprint density at radius 3 is 2.82 bits per heavy atom. The summed E-state index contributed by atoms with van der Waals surface area (Å²) in [6.45, 7) is 5.92. The largest absolute Gasteiger partial charge is 0.390 e. The quantitative estimate of drug-likeness (QED) is 0.810. The van der Waals surface area contributed by atoms with Crippen molar-refractivity contribution in [2.75, 3.05) is 18.0 Å². The first-order valence-electron chi connectivity index (χ1n) is 6.09. The normalized spacial score (nSPS) is 15.6. The minimum atomic E-state index is -0.0300. The Bertz CT molecular complexity index is 415. The second-order valence-electron chi connectivity index (χ2n) is 4.58. The summed E-state index contributed by atoms with van der Waals surface area (Å²) in [5, 5.41) is 9.42. The lowest BCUT2D eigenvalue weighted by atomic mass is 10.2. The standard InChI is InChI=1S/C13H19N3O/c1-10(2)13-14-8-12(11(9-17)15-13)16-6-4-3-5-7-16/h3-4,8,10,17H,5-7,9H2,1-2H3. The molecule has 1 N–H and O–H groups in total. The molecule has 1 aromatic rings. The highest BCUT2D eigenvalue weighted by Crippen LogP contribution is 2.22. The minimum Gasteiger partial charge on any atom is -0.390 e. The van der Waals surface area contributed by atoms with Crippen LogP contribution in [0, 0.1) is 0 Å². The van der Waals surface area contributed by atoms with Crippen LogP contribution in [0.4, 0.5) is 5.69 Å². The van der Waals surface area contributed by atoms with E-state index in [0.29, 0.717) is 0 Å². The third-order valence-electron chi connectivity index (χ3n) is 2.93. The molecule has 0 saturated carbocycles. The molecule has 0 saturated heterocycles. The number of aliphatic hydroxyl groups excluding tert-OH is 1. The van der Waals surface area contributed by atoms with E-state index in [1.54, 1.807) is 0 Å².